The Labute approximate surface area is 166 Å². The van der Waals surface area contributed by atoms with Crippen LogP contribution >= 0.6 is 0 Å². The van der Waals surface area contributed by atoms with Crippen molar-refractivity contribution in [2.24, 2.45) is 0 Å². The van der Waals surface area contributed by atoms with Crippen LogP contribution in [0.25, 0.3) is 11.4 Å². The van der Waals surface area contributed by atoms with Crippen LogP contribution in [0, 0.1) is 0 Å². The zero-order chi connectivity index (χ0) is 19.0. The second-order valence-corrected chi connectivity index (χ2v) is 6.46. The minimum atomic E-state index is 1.03. The molecule has 0 unspecified atom stereocenters. The maximum absolute atomic E-state index is 3.63. The number of anilines is 2. The van der Waals surface area contributed by atoms with Crippen molar-refractivity contribution >= 4 is 22.8 Å². The van der Waals surface area contributed by atoms with Gasteiger partial charge in [0.25, 0.3) is 0 Å². The highest BCUT2D eigenvalue weighted by atomic mass is 15.0. The predicted molar refractivity (Wildman–Crippen MR) is 120 cm³/mol. The molecular formula is C26H22N2. The van der Waals surface area contributed by atoms with E-state index in [1.165, 1.54) is 0 Å². The third kappa shape index (κ3) is 4.30. The molecule has 0 saturated carbocycles. The van der Waals surface area contributed by atoms with Crippen LogP contribution < -0.4 is 10.6 Å². The summed E-state index contributed by atoms with van der Waals surface area (Å²) in [5.41, 5.74) is 6.39. The Morgan fingerprint density at radius 1 is 0.357 bits per heavy atom. The molecule has 28 heavy (non-hydrogen) atoms. The molecule has 136 valence electrons. The SMILES string of the molecule is c1ccc(N/C(=C(/Nc2ccccc2)c2ccccc2)c2ccccc2)cc1. The summed E-state index contributed by atoms with van der Waals surface area (Å²) in [5, 5.41) is 7.26. The van der Waals surface area contributed by atoms with Crippen LogP contribution in [-0.2, 0) is 0 Å². The molecule has 4 aromatic carbocycles. The first-order valence-electron chi connectivity index (χ1n) is 9.39. The highest BCUT2D eigenvalue weighted by Gasteiger charge is 2.13. The van der Waals surface area contributed by atoms with Gasteiger partial charge in [-0.3, -0.25) is 0 Å². The quantitative estimate of drug-likeness (QED) is 0.371. The molecule has 0 aromatic heterocycles. The van der Waals surface area contributed by atoms with Gasteiger partial charge in [0.2, 0.25) is 0 Å². The van der Waals surface area contributed by atoms with Crippen LogP contribution in [0.1, 0.15) is 11.1 Å². The number of para-hydroxylation sites is 2. The Morgan fingerprint density at radius 3 is 0.964 bits per heavy atom. The molecule has 2 N–H and O–H groups in total. The van der Waals surface area contributed by atoms with E-state index in [0.29, 0.717) is 0 Å². The monoisotopic (exact) mass is 362 g/mol. The predicted octanol–water partition coefficient (Wildman–Crippen LogP) is 6.74. The largest absolute Gasteiger partial charge is 0.353 e. The van der Waals surface area contributed by atoms with Crippen molar-refractivity contribution in [2.75, 3.05) is 10.6 Å². The Kier molecular flexibility index (Phi) is 5.50. The Morgan fingerprint density at radius 2 is 0.643 bits per heavy atom. The van der Waals surface area contributed by atoms with Gasteiger partial charge in [0, 0.05) is 22.5 Å². The molecule has 0 aliphatic carbocycles. The van der Waals surface area contributed by atoms with E-state index in [4.69, 9.17) is 0 Å². The number of benzene rings is 4. The lowest BCUT2D eigenvalue weighted by atomic mass is 10.0. The van der Waals surface area contributed by atoms with E-state index < -0.39 is 0 Å². The smallest absolute Gasteiger partial charge is 0.0703 e. The first-order chi connectivity index (χ1) is 13.9. The molecule has 0 amide bonds. The van der Waals surface area contributed by atoms with E-state index in [9.17, 15) is 0 Å². The third-order valence-electron chi connectivity index (χ3n) is 4.46. The van der Waals surface area contributed by atoms with Gasteiger partial charge in [0.15, 0.2) is 0 Å². The maximum Gasteiger partial charge on any atom is 0.0703 e. The number of hydrogen-bond acceptors (Lipinski definition) is 2. The third-order valence-corrected chi connectivity index (χ3v) is 4.46. The number of hydrogen-bond donors (Lipinski definition) is 2. The second kappa shape index (κ2) is 8.74. The second-order valence-electron chi connectivity index (χ2n) is 6.46. The first-order valence-corrected chi connectivity index (χ1v) is 9.39. The fraction of sp³-hybridized carbons (Fsp3) is 0. The molecule has 0 spiro atoms. The van der Waals surface area contributed by atoms with Crippen LogP contribution in [0.15, 0.2) is 121 Å². The van der Waals surface area contributed by atoms with E-state index in [1.54, 1.807) is 0 Å². The summed E-state index contributed by atoms with van der Waals surface area (Å²) < 4.78 is 0. The summed E-state index contributed by atoms with van der Waals surface area (Å²) in [6.45, 7) is 0. The molecule has 2 heteroatoms. The van der Waals surface area contributed by atoms with Gasteiger partial charge in [0.05, 0.1) is 11.4 Å². The molecule has 0 saturated heterocycles. The molecule has 4 aromatic rings. The summed E-state index contributed by atoms with van der Waals surface area (Å²) in [4.78, 5) is 0. The molecule has 0 bridgehead atoms. The molecule has 0 aliphatic rings. The van der Waals surface area contributed by atoms with E-state index in [1.807, 2.05) is 48.5 Å². The minimum absolute atomic E-state index is 1.03. The van der Waals surface area contributed by atoms with Crippen LogP contribution in [0.2, 0.25) is 0 Å². The molecule has 0 atom stereocenters. The summed E-state index contributed by atoms with van der Waals surface area (Å²) >= 11 is 0. The van der Waals surface area contributed by atoms with Gasteiger partial charge in [-0.1, -0.05) is 97.1 Å². The van der Waals surface area contributed by atoms with E-state index in [2.05, 4.69) is 83.4 Å². The van der Waals surface area contributed by atoms with Crippen LogP contribution in [0.5, 0.6) is 0 Å². The first kappa shape index (κ1) is 17.6. The van der Waals surface area contributed by atoms with Crippen LogP contribution in [0.4, 0.5) is 11.4 Å². The van der Waals surface area contributed by atoms with Crippen molar-refractivity contribution in [1.29, 1.82) is 0 Å². The van der Waals surface area contributed by atoms with Gasteiger partial charge in [-0.2, -0.15) is 0 Å². The molecule has 0 fully saturated rings. The van der Waals surface area contributed by atoms with Crippen LogP contribution in [-0.4, -0.2) is 0 Å². The minimum Gasteiger partial charge on any atom is -0.353 e. The average Bonchev–Trinajstić information content (AvgIpc) is 2.79. The molecule has 4 rings (SSSR count). The summed E-state index contributed by atoms with van der Waals surface area (Å²) in [7, 11) is 0. The highest BCUT2D eigenvalue weighted by molar-refractivity contribution is 5.99. The van der Waals surface area contributed by atoms with Crippen molar-refractivity contribution in [2.45, 2.75) is 0 Å². The Bertz CT molecular complexity index is 938. The highest BCUT2D eigenvalue weighted by Crippen LogP contribution is 2.29. The van der Waals surface area contributed by atoms with Crippen molar-refractivity contribution in [3.05, 3.63) is 132 Å². The van der Waals surface area contributed by atoms with Crippen molar-refractivity contribution < 1.29 is 0 Å². The fourth-order valence-corrected chi connectivity index (χ4v) is 3.10. The van der Waals surface area contributed by atoms with Crippen molar-refractivity contribution in [3.63, 3.8) is 0 Å². The molecular weight excluding hydrogens is 340 g/mol. The van der Waals surface area contributed by atoms with Gasteiger partial charge < -0.3 is 10.6 Å². The van der Waals surface area contributed by atoms with Gasteiger partial charge in [-0.05, 0) is 24.3 Å². The summed E-state index contributed by atoms with van der Waals surface area (Å²) in [5.74, 6) is 0. The standard InChI is InChI=1S/C26H22N2/c1-5-13-21(14-6-1)25(27-23-17-9-3-10-18-23)26(22-15-7-2-8-16-22)28-24-19-11-4-12-20-24/h1-20,27-28H/b26-25+. The summed E-state index contributed by atoms with van der Waals surface area (Å²) in [6.07, 6.45) is 0. The lowest BCUT2D eigenvalue weighted by Crippen LogP contribution is -2.09. The van der Waals surface area contributed by atoms with E-state index in [0.717, 1.165) is 33.9 Å². The fourth-order valence-electron chi connectivity index (χ4n) is 3.10. The molecule has 2 nitrogen and oxygen atoms in total. The zero-order valence-corrected chi connectivity index (χ0v) is 15.5. The lowest BCUT2D eigenvalue weighted by molar-refractivity contribution is 1.48. The van der Waals surface area contributed by atoms with Gasteiger partial charge in [0.1, 0.15) is 0 Å². The van der Waals surface area contributed by atoms with E-state index in [-0.39, 0.29) is 0 Å². The van der Waals surface area contributed by atoms with Crippen molar-refractivity contribution in [1.82, 2.24) is 0 Å². The Balaban J connectivity index is 1.88. The number of rotatable bonds is 6. The molecule has 0 radical (unpaired) electrons. The van der Waals surface area contributed by atoms with Crippen LogP contribution in [0.3, 0.4) is 0 Å². The molecule has 0 aliphatic heterocycles. The van der Waals surface area contributed by atoms with Gasteiger partial charge >= 0.3 is 0 Å². The van der Waals surface area contributed by atoms with Gasteiger partial charge in [-0.15, -0.1) is 0 Å². The molecule has 0 heterocycles. The maximum atomic E-state index is 3.63. The van der Waals surface area contributed by atoms with Gasteiger partial charge in [-0.25, -0.2) is 0 Å². The normalized spacial score (nSPS) is 11.4. The summed E-state index contributed by atoms with van der Waals surface area (Å²) in [6, 6.07) is 41.3. The van der Waals surface area contributed by atoms with Crippen molar-refractivity contribution in [3.8, 4) is 0 Å². The topological polar surface area (TPSA) is 24.1 Å². The average molecular weight is 362 g/mol. The van der Waals surface area contributed by atoms with E-state index >= 15 is 0 Å². The lowest BCUT2D eigenvalue weighted by Gasteiger charge is -2.20. The Hall–Kier alpha value is -3.78. The zero-order valence-electron chi connectivity index (χ0n) is 15.5. The number of nitrogens with one attached hydrogen (secondary N) is 2.